The average Bonchev–Trinajstić information content (AvgIpc) is 2.36. The summed E-state index contributed by atoms with van der Waals surface area (Å²) in [5.41, 5.74) is -0.194. The smallest absolute Gasteiger partial charge is 0.407 e. The highest BCUT2D eigenvalue weighted by molar-refractivity contribution is 6.35. The third-order valence-electron chi connectivity index (χ3n) is 2.69. The number of benzene rings is 1. The molecule has 0 aliphatic carbocycles. The molecule has 0 aliphatic heterocycles. The first kappa shape index (κ1) is 15.3. The van der Waals surface area contributed by atoms with Crippen molar-refractivity contribution in [2.75, 3.05) is 0 Å². The Morgan fingerprint density at radius 1 is 1.43 bits per heavy atom. The predicted octanol–water partition coefficient (Wildman–Crippen LogP) is 2.60. The molecule has 0 atom stereocenters. The number of aromatic nitrogens is 2. The van der Waals surface area contributed by atoms with E-state index in [1.807, 2.05) is 0 Å². The first-order chi connectivity index (χ1) is 9.78. The summed E-state index contributed by atoms with van der Waals surface area (Å²) in [5.74, 6) is 0. The number of carbonyl (C=O) groups is 1. The van der Waals surface area contributed by atoms with E-state index in [-0.39, 0.29) is 12.1 Å². The highest BCUT2D eigenvalue weighted by Crippen LogP contribution is 2.22. The topological polar surface area (TPSA) is 84.1 Å². The zero-order chi connectivity index (χ0) is 15.6. The van der Waals surface area contributed by atoms with Crippen LogP contribution in [0.2, 0.25) is 5.02 Å². The van der Waals surface area contributed by atoms with Crippen molar-refractivity contribution in [2.45, 2.75) is 32.9 Å². The number of hydrogen-bond donors (Lipinski definition) is 2. The quantitative estimate of drug-likeness (QED) is 0.893. The minimum absolute atomic E-state index is 0.216. The van der Waals surface area contributed by atoms with Crippen molar-refractivity contribution in [3.05, 3.63) is 39.3 Å². The molecular formula is C14H16ClN3O3. The molecule has 1 amide bonds. The Hall–Kier alpha value is -2.08. The number of alkyl carbamates (subject to hydrolysis) is 1. The number of amides is 1. The number of nitrogens with zero attached hydrogens (tertiary/aromatic N) is 1. The molecule has 0 saturated carbocycles. The summed E-state index contributed by atoms with van der Waals surface area (Å²) in [6.45, 7) is 5.57. The second-order valence-corrected chi connectivity index (χ2v) is 5.96. The van der Waals surface area contributed by atoms with Crippen LogP contribution < -0.4 is 10.9 Å². The molecule has 0 spiro atoms. The summed E-state index contributed by atoms with van der Waals surface area (Å²) in [4.78, 5) is 23.4. The summed E-state index contributed by atoms with van der Waals surface area (Å²) in [7, 11) is 0. The monoisotopic (exact) mass is 309 g/mol. The van der Waals surface area contributed by atoms with Crippen LogP contribution in [-0.2, 0) is 11.3 Å². The van der Waals surface area contributed by atoms with Gasteiger partial charge in [-0.3, -0.25) is 4.79 Å². The molecule has 21 heavy (non-hydrogen) atoms. The molecule has 2 aromatic rings. The molecule has 0 unspecified atom stereocenters. The average molecular weight is 310 g/mol. The third kappa shape index (κ3) is 3.72. The summed E-state index contributed by atoms with van der Waals surface area (Å²) in [6, 6.07) is 3.36. The zero-order valence-electron chi connectivity index (χ0n) is 12.0. The van der Waals surface area contributed by atoms with Crippen LogP contribution in [-0.4, -0.2) is 21.9 Å². The van der Waals surface area contributed by atoms with Gasteiger partial charge < -0.3 is 10.1 Å². The van der Waals surface area contributed by atoms with Gasteiger partial charge in [-0.2, -0.15) is 5.10 Å². The number of ether oxygens (including phenoxy) is 1. The first-order valence-electron chi connectivity index (χ1n) is 6.39. The summed E-state index contributed by atoms with van der Waals surface area (Å²) >= 11 is 6.02. The number of rotatable bonds is 2. The molecule has 0 aliphatic rings. The van der Waals surface area contributed by atoms with E-state index in [0.717, 1.165) is 5.56 Å². The Balaban J connectivity index is 2.24. The molecule has 2 rings (SSSR count). The number of carbonyl (C=O) groups excluding carboxylic acids is 1. The number of fused-ring (bicyclic) bond motifs is 1. The van der Waals surface area contributed by atoms with Gasteiger partial charge in [0.25, 0.3) is 5.56 Å². The summed E-state index contributed by atoms with van der Waals surface area (Å²) < 4.78 is 5.16. The van der Waals surface area contributed by atoms with Crippen LogP contribution in [0.5, 0.6) is 0 Å². The number of hydrogen-bond acceptors (Lipinski definition) is 4. The molecule has 2 N–H and O–H groups in total. The maximum atomic E-state index is 11.8. The lowest BCUT2D eigenvalue weighted by atomic mass is 10.1. The molecule has 0 radical (unpaired) electrons. The van der Waals surface area contributed by atoms with E-state index < -0.39 is 11.7 Å². The third-order valence-corrected chi connectivity index (χ3v) is 3.01. The van der Waals surface area contributed by atoms with Crippen LogP contribution in [0.3, 0.4) is 0 Å². The van der Waals surface area contributed by atoms with Gasteiger partial charge in [-0.05, 0) is 32.4 Å². The number of H-pyrrole nitrogens is 1. The molecule has 112 valence electrons. The van der Waals surface area contributed by atoms with Gasteiger partial charge in [-0.25, -0.2) is 9.89 Å². The van der Waals surface area contributed by atoms with E-state index in [1.165, 1.54) is 6.20 Å². The number of nitrogens with one attached hydrogen (secondary N) is 2. The Bertz CT molecular complexity index is 734. The van der Waals surface area contributed by atoms with E-state index in [0.29, 0.717) is 15.8 Å². The van der Waals surface area contributed by atoms with E-state index in [2.05, 4.69) is 15.5 Å². The molecule has 1 aromatic heterocycles. The lowest BCUT2D eigenvalue weighted by Gasteiger charge is -2.19. The van der Waals surface area contributed by atoms with Crippen LogP contribution in [0.1, 0.15) is 26.3 Å². The van der Waals surface area contributed by atoms with Crippen molar-refractivity contribution in [1.82, 2.24) is 15.5 Å². The fraction of sp³-hybridized carbons (Fsp3) is 0.357. The van der Waals surface area contributed by atoms with Gasteiger partial charge in [0, 0.05) is 11.9 Å². The molecule has 1 aromatic carbocycles. The van der Waals surface area contributed by atoms with Crippen molar-refractivity contribution in [2.24, 2.45) is 0 Å². The van der Waals surface area contributed by atoms with Gasteiger partial charge in [0.05, 0.1) is 16.6 Å². The van der Waals surface area contributed by atoms with Crippen LogP contribution in [0, 0.1) is 0 Å². The highest BCUT2D eigenvalue weighted by Gasteiger charge is 2.16. The number of aromatic amines is 1. The second-order valence-electron chi connectivity index (χ2n) is 5.55. The van der Waals surface area contributed by atoms with Crippen molar-refractivity contribution in [3.8, 4) is 0 Å². The Kier molecular flexibility index (Phi) is 4.18. The second kappa shape index (κ2) is 5.73. The molecule has 0 saturated heterocycles. The van der Waals surface area contributed by atoms with E-state index in [1.54, 1.807) is 32.9 Å². The predicted molar refractivity (Wildman–Crippen MR) is 80.4 cm³/mol. The fourth-order valence-corrected chi connectivity index (χ4v) is 2.11. The maximum absolute atomic E-state index is 11.8. The minimum atomic E-state index is -0.565. The van der Waals surface area contributed by atoms with E-state index in [4.69, 9.17) is 16.3 Å². The molecule has 6 nitrogen and oxygen atoms in total. The highest BCUT2D eigenvalue weighted by atomic mass is 35.5. The molecular weight excluding hydrogens is 294 g/mol. The summed E-state index contributed by atoms with van der Waals surface area (Å²) in [5, 5.41) is 10.0. The van der Waals surface area contributed by atoms with Gasteiger partial charge >= 0.3 is 6.09 Å². The van der Waals surface area contributed by atoms with Crippen molar-refractivity contribution < 1.29 is 9.53 Å². The van der Waals surface area contributed by atoms with Crippen LogP contribution in [0.4, 0.5) is 4.79 Å². The Labute approximate surface area is 126 Å². The molecule has 1 heterocycles. The van der Waals surface area contributed by atoms with E-state index in [9.17, 15) is 9.59 Å². The fourth-order valence-electron chi connectivity index (χ4n) is 1.86. The first-order valence-corrected chi connectivity index (χ1v) is 6.77. The van der Waals surface area contributed by atoms with Crippen LogP contribution >= 0.6 is 11.6 Å². The summed E-state index contributed by atoms with van der Waals surface area (Å²) in [6.07, 6.45) is 0.984. The normalized spacial score (nSPS) is 11.4. The SMILES string of the molecule is CC(C)(C)OC(=O)NCc1ccc(Cl)c2c(=O)[nH]ncc12. The van der Waals surface area contributed by atoms with E-state index >= 15 is 0 Å². The largest absolute Gasteiger partial charge is 0.444 e. The van der Waals surface area contributed by atoms with Gasteiger partial charge in [0.2, 0.25) is 0 Å². The lowest BCUT2D eigenvalue weighted by molar-refractivity contribution is 0.0524. The van der Waals surface area contributed by atoms with Gasteiger partial charge in [-0.15, -0.1) is 0 Å². The van der Waals surface area contributed by atoms with Gasteiger partial charge in [0.1, 0.15) is 5.60 Å². The van der Waals surface area contributed by atoms with Crippen molar-refractivity contribution in [1.29, 1.82) is 0 Å². The van der Waals surface area contributed by atoms with Crippen molar-refractivity contribution in [3.63, 3.8) is 0 Å². The van der Waals surface area contributed by atoms with Crippen LogP contribution in [0.15, 0.2) is 23.1 Å². The lowest BCUT2D eigenvalue weighted by Crippen LogP contribution is -2.32. The molecule has 0 fully saturated rings. The van der Waals surface area contributed by atoms with Crippen LogP contribution in [0.25, 0.3) is 10.8 Å². The molecule has 0 bridgehead atoms. The molecule has 7 heteroatoms. The van der Waals surface area contributed by atoms with Gasteiger partial charge in [0.15, 0.2) is 0 Å². The minimum Gasteiger partial charge on any atom is -0.444 e. The zero-order valence-corrected chi connectivity index (χ0v) is 12.7. The Morgan fingerprint density at radius 3 is 2.81 bits per heavy atom. The Morgan fingerprint density at radius 2 is 2.14 bits per heavy atom. The van der Waals surface area contributed by atoms with Crippen molar-refractivity contribution >= 4 is 28.5 Å². The maximum Gasteiger partial charge on any atom is 0.407 e. The van der Waals surface area contributed by atoms with Gasteiger partial charge in [-0.1, -0.05) is 17.7 Å². The standard InChI is InChI=1S/C14H16ClN3O3/c1-14(2,3)21-13(20)16-6-8-4-5-10(15)11-9(8)7-17-18-12(11)19/h4-5,7H,6H2,1-3H3,(H,16,20)(H,18,19). The number of halogens is 1.